The number of amides is 1. The molecule has 0 spiro atoms. The molecular weight excluding hydrogens is 409 g/mol. The standard InChI is InChI=1S/C23H24FN7O/c1-14-18(17-4-3-5-19(24)22(17)27-14)10-21(32)28-16-7-9-31(13-16)23-25-8-6-20(29-23)15-11-26-30(2)12-15/h3-6,8,11-12,16,27H,7,9-10,13H2,1-2H3,(H,28,32). The number of carbonyl (C=O) groups excluding carboxylic acids is 1. The highest BCUT2D eigenvalue weighted by Gasteiger charge is 2.26. The van der Waals surface area contributed by atoms with E-state index in [9.17, 15) is 9.18 Å². The summed E-state index contributed by atoms with van der Waals surface area (Å²) in [6.45, 7) is 3.27. The second-order valence-corrected chi connectivity index (χ2v) is 8.21. The van der Waals surface area contributed by atoms with E-state index in [4.69, 9.17) is 0 Å². The third-order valence-electron chi connectivity index (χ3n) is 5.92. The molecule has 0 aliphatic carbocycles. The number of aromatic amines is 1. The number of hydrogen-bond donors (Lipinski definition) is 2. The van der Waals surface area contributed by atoms with E-state index in [0.29, 0.717) is 18.0 Å². The predicted molar refractivity (Wildman–Crippen MR) is 120 cm³/mol. The number of halogens is 1. The Morgan fingerprint density at radius 1 is 1.34 bits per heavy atom. The molecule has 3 aromatic heterocycles. The van der Waals surface area contributed by atoms with Gasteiger partial charge in [0, 0.05) is 55.2 Å². The summed E-state index contributed by atoms with van der Waals surface area (Å²) in [5.74, 6) is 0.262. The van der Waals surface area contributed by atoms with Crippen molar-refractivity contribution in [1.29, 1.82) is 0 Å². The second-order valence-electron chi connectivity index (χ2n) is 8.21. The van der Waals surface area contributed by atoms with Crippen molar-refractivity contribution in [2.24, 2.45) is 7.05 Å². The van der Waals surface area contributed by atoms with Crippen LogP contribution in [0.15, 0.2) is 42.9 Å². The molecule has 164 valence electrons. The third kappa shape index (κ3) is 3.81. The molecule has 2 N–H and O–H groups in total. The highest BCUT2D eigenvalue weighted by molar-refractivity contribution is 5.90. The Morgan fingerprint density at radius 3 is 3.03 bits per heavy atom. The number of para-hydroxylation sites is 1. The third-order valence-corrected chi connectivity index (χ3v) is 5.92. The number of nitrogens with zero attached hydrogens (tertiary/aromatic N) is 5. The van der Waals surface area contributed by atoms with Crippen LogP contribution in [0.2, 0.25) is 0 Å². The molecule has 0 radical (unpaired) electrons. The Balaban J connectivity index is 1.25. The number of aryl methyl sites for hydroxylation is 2. The van der Waals surface area contributed by atoms with Gasteiger partial charge in [0.1, 0.15) is 5.82 Å². The molecule has 1 saturated heterocycles. The van der Waals surface area contributed by atoms with Crippen molar-refractivity contribution >= 4 is 22.8 Å². The molecule has 1 atom stereocenters. The van der Waals surface area contributed by atoms with Gasteiger partial charge in [0.15, 0.2) is 0 Å². The monoisotopic (exact) mass is 433 g/mol. The molecule has 32 heavy (non-hydrogen) atoms. The van der Waals surface area contributed by atoms with Crippen LogP contribution >= 0.6 is 0 Å². The minimum absolute atomic E-state index is 0.00963. The Hall–Kier alpha value is -3.75. The van der Waals surface area contributed by atoms with Crippen LogP contribution in [0.1, 0.15) is 17.7 Å². The SMILES string of the molecule is Cc1[nH]c2c(F)cccc2c1CC(=O)NC1CCN(c2nccc(-c3cnn(C)c3)n2)C1. The van der Waals surface area contributed by atoms with Crippen molar-refractivity contribution in [3.05, 3.63) is 59.9 Å². The van der Waals surface area contributed by atoms with Crippen molar-refractivity contribution in [3.63, 3.8) is 0 Å². The van der Waals surface area contributed by atoms with E-state index >= 15 is 0 Å². The van der Waals surface area contributed by atoms with Crippen LogP contribution in [-0.2, 0) is 18.3 Å². The molecule has 1 aliphatic heterocycles. The lowest BCUT2D eigenvalue weighted by molar-refractivity contribution is -0.121. The lowest BCUT2D eigenvalue weighted by atomic mass is 10.1. The minimum Gasteiger partial charge on any atom is -0.356 e. The van der Waals surface area contributed by atoms with Crippen LogP contribution in [-0.4, -0.2) is 49.8 Å². The van der Waals surface area contributed by atoms with Crippen molar-refractivity contribution < 1.29 is 9.18 Å². The fraction of sp³-hybridized carbons (Fsp3) is 0.304. The zero-order valence-electron chi connectivity index (χ0n) is 18.0. The van der Waals surface area contributed by atoms with Crippen LogP contribution in [0.4, 0.5) is 10.3 Å². The van der Waals surface area contributed by atoms with Gasteiger partial charge in [-0.3, -0.25) is 9.48 Å². The van der Waals surface area contributed by atoms with E-state index in [1.54, 1.807) is 23.1 Å². The zero-order valence-corrected chi connectivity index (χ0v) is 18.0. The van der Waals surface area contributed by atoms with Gasteiger partial charge in [0.2, 0.25) is 11.9 Å². The van der Waals surface area contributed by atoms with Gasteiger partial charge in [-0.25, -0.2) is 14.4 Å². The first-order chi connectivity index (χ1) is 15.5. The summed E-state index contributed by atoms with van der Waals surface area (Å²) in [5, 5.41) is 8.07. The molecule has 4 aromatic rings. The average Bonchev–Trinajstić information content (AvgIpc) is 3.49. The van der Waals surface area contributed by atoms with Gasteiger partial charge in [0.05, 0.1) is 23.8 Å². The molecule has 5 rings (SSSR count). The van der Waals surface area contributed by atoms with E-state index in [-0.39, 0.29) is 24.2 Å². The molecule has 1 amide bonds. The number of H-pyrrole nitrogens is 1. The van der Waals surface area contributed by atoms with Crippen molar-refractivity contribution in [2.75, 3.05) is 18.0 Å². The molecule has 9 heteroatoms. The number of benzene rings is 1. The lowest BCUT2D eigenvalue weighted by Crippen LogP contribution is -2.38. The number of carbonyl (C=O) groups is 1. The fourth-order valence-corrected chi connectivity index (χ4v) is 4.31. The molecule has 1 unspecified atom stereocenters. The van der Waals surface area contributed by atoms with Gasteiger partial charge in [-0.1, -0.05) is 12.1 Å². The highest BCUT2D eigenvalue weighted by Crippen LogP contribution is 2.25. The van der Waals surface area contributed by atoms with Crippen molar-refractivity contribution in [1.82, 2.24) is 30.0 Å². The zero-order chi connectivity index (χ0) is 22.2. The average molecular weight is 433 g/mol. The van der Waals surface area contributed by atoms with Crippen LogP contribution in [0.25, 0.3) is 22.2 Å². The summed E-state index contributed by atoms with van der Waals surface area (Å²) in [6, 6.07) is 6.80. The van der Waals surface area contributed by atoms with Gasteiger partial charge in [-0.05, 0) is 31.0 Å². The number of aromatic nitrogens is 5. The molecule has 1 aliphatic rings. The van der Waals surface area contributed by atoms with E-state index in [2.05, 4.69) is 30.3 Å². The number of anilines is 1. The molecule has 0 saturated carbocycles. The van der Waals surface area contributed by atoms with E-state index < -0.39 is 0 Å². The molecule has 1 aromatic carbocycles. The van der Waals surface area contributed by atoms with Crippen LogP contribution in [0.3, 0.4) is 0 Å². The van der Waals surface area contributed by atoms with Gasteiger partial charge in [0.25, 0.3) is 0 Å². The van der Waals surface area contributed by atoms with E-state index in [1.165, 1.54) is 6.07 Å². The number of nitrogens with one attached hydrogen (secondary N) is 2. The number of hydrogen-bond acceptors (Lipinski definition) is 5. The van der Waals surface area contributed by atoms with E-state index in [0.717, 1.165) is 40.9 Å². The topological polar surface area (TPSA) is 91.7 Å². The molecule has 4 heterocycles. The van der Waals surface area contributed by atoms with Crippen molar-refractivity contribution in [2.45, 2.75) is 25.8 Å². The summed E-state index contributed by atoms with van der Waals surface area (Å²) in [6.07, 6.45) is 6.46. The van der Waals surface area contributed by atoms with Gasteiger partial charge in [-0.2, -0.15) is 5.10 Å². The van der Waals surface area contributed by atoms with Crippen LogP contribution in [0.5, 0.6) is 0 Å². The summed E-state index contributed by atoms with van der Waals surface area (Å²) >= 11 is 0. The first-order valence-corrected chi connectivity index (χ1v) is 10.6. The van der Waals surface area contributed by atoms with Gasteiger partial charge < -0.3 is 15.2 Å². The Morgan fingerprint density at radius 2 is 2.22 bits per heavy atom. The summed E-state index contributed by atoms with van der Waals surface area (Å²) < 4.78 is 15.8. The van der Waals surface area contributed by atoms with Crippen LogP contribution in [0, 0.1) is 12.7 Å². The smallest absolute Gasteiger partial charge is 0.225 e. The lowest BCUT2D eigenvalue weighted by Gasteiger charge is -2.17. The highest BCUT2D eigenvalue weighted by atomic mass is 19.1. The van der Waals surface area contributed by atoms with Gasteiger partial charge in [-0.15, -0.1) is 0 Å². The molecule has 8 nitrogen and oxygen atoms in total. The summed E-state index contributed by atoms with van der Waals surface area (Å²) in [4.78, 5) is 27.0. The maximum atomic E-state index is 14.0. The maximum absolute atomic E-state index is 14.0. The molecule has 1 fully saturated rings. The quantitative estimate of drug-likeness (QED) is 0.505. The molecular formula is C23H24FN7O. The van der Waals surface area contributed by atoms with Crippen molar-refractivity contribution in [3.8, 4) is 11.3 Å². The fourth-order valence-electron chi connectivity index (χ4n) is 4.31. The largest absolute Gasteiger partial charge is 0.356 e. The normalized spacial score (nSPS) is 16.1. The number of rotatable bonds is 5. The van der Waals surface area contributed by atoms with Gasteiger partial charge >= 0.3 is 0 Å². The molecule has 0 bridgehead atoms. The Kier molecular flexibility index (Phi) is 5.08. The maximum Gasteiger partial charge on any atom is 0.225 e. The van der Waals surface area contributed by atoms with Crippen LogP contribution < -0.4 is 10.2 Å². The van der Waals surface area contributed by atoms with E-state index in [1.807, 2.05) is 32.3 Å². The number of fused-ring (bicyclic) bond motifs is 1. The predicted octanol–water partition coefficient (Wildman–Crippen LogP) is 2.74. The minimum atomic E-state index is -0.308. The second kappa shape index (κ2) is 8.07. The summed E-state index contributed by atoms with van der Waals surface area (Å²) in [7, 11) is 1.87. The first-order valence-electron chi connectivity index (χ1n) is 10.6. The first kappa shape index (κ1) is 20.2. The Bertz CT molecular complexity index is 1290. The Labute approximate surface area is 184 Å². The summed E-state index contributed by atoms with van der Waals surface area (Å²) in [5.41, 5.74) is 3.85.